The van der Waals surface area contributed by atoms with Gasteiger partial charge in [-0.2, -0.15) is 0 Å². The summed E-state index contributed by atoms with van der Waals surface area (Å²) in [5.41, 5.74) is 7.20. The van der Waals surface area contributed by atoms with Gasteiger partial charge in [-0.15, -0.1) is 10.2 Å². The number of anilines is 3. The first-order chi connectivity index (χ1) is 8.74. The van der Waals surface area contributed by atoms with Crippen molar-refractivity contribution in [3.8, 4) is 0 Å². The summed E-state index contributed by atoms with van der Waals surface area (Å²) in [6.45, 7) is 0. The molecule has 0 fully saturated rings. The normalized spacial score (nSPS) is 10.7. The molecule has 0 aliphatic carbocycles. The molecular weight excluding hydrogens is 296 g/mol. The van der Waals surface area contributed by atoms with Crippen LogP contribution in [0.1, 0.15) is 0 Å². The van der Waals surface area contributed by atoms with Crippen molar-refractivity contribution in [2.24, 2.45) is 0 Å². The largest absolute Gasteiger partial charge is 0.368 e. The average Bonchev–Trinajstić information content (AvgIpc) is 2.76. The third-order valence-corrected chi connectivity index (χ3v) is 2.99. The van der Waals surface area contributed by atoms with Crippen LogP contribution in [0.5, 0.6) is 0 Å². The van der Waals surface area contributed by atoms with Crippen molar-refractivity contribution in [2.75, 3.05) is 11.1 Å². The summed E-state index contributed by atoms with van der Waals surface area (Å²) in [5, 5.41) is 11.0. The molecule has 1 aromatic carbocycles. The van der Waals surface area contributed by atoms with E-state index in [1.165, 1.54) is 0 Å². The maximum absolute atomic E-state index is 5.69. The highest BCUT2D eigenvalue weighted by atomic mass is 79.9. The highest BCUT2D eigenvalue weighted by molar-refractivity contribution is 9.10. The van der Waals surface area contributed by atoms with Crippen molar-refractivity contribution in [3.63, 3.8) is 0 Å². The SMILES string of the molecule is Nc1nnc2c(Nc3ccc(Br)cc3)nccn12. The third kappa shape index (κ3) is 1.88. The van der Waals surface area contributed by atoms with E-state index in [0.29, 0.717) is 17.4 Å². The second-order valence-electron chi connectivity index (χ2n) is 3.66. The van der Waals surface area contributed by atoms with Crippen LogP contribution in [0.25, 0.3) is 5.65 Å². The predicted molar refractivity (Wildman–Crippen MR) is 72.6 cm³/mol. The Balaban J connectivity index is 2.02. The van der Waals surface area contributed by atoms with Crippen molar-refractivity contribution >= 4 is 39.0 Å². The van der Waals surface area contributed by atoms with Crippen LogP contribution in [0.2, 0.25) is 0 Å². The maximum atomic E-state index is 5.69. The molecule has 0 aliphatic rings. The van der Waals surface area contributed by atoms with E-state index in [2.05, 4.69) is 36.4 Å². The summed E-state index contributed by atoms with van der Waals surface area (Å²) in [7, 11) is 0. The molecule has 0 aliphatic heterocycles. The molecule has 0 unspecified atom stereocenters. The van der Waals surface area contributed by atoms with Crippen molar-refractivity contribution in [1.82, 2.24) is 19.6 Å². The zero-order valence-corrected chi connectivity index (χ0v) is 10.8. The number of nitrogens with zero attached hydrogens (tertiary/aromatic N) is 4. The van der Waals surface area contributed by atoms with Gasteiger partial charge in [-0.1, -0.05) is 15.9 Å². The Hall–Kier alpha value is -2.15. The van der Waals surface area contributed by atoms with Crippen molar-refractivity contribution in [3.05, 3.63) is 41.1 Å². The molecule has 18 heavy (non-hydrogen) atoms. The summed E-state index contributed by atoms with van der Waals surface area (Å²) in [4.78, 5) is 4.24. The number of fused-ring (bicyclic) bond motifs is 1. The number of benzene rings is 1. The minimum atomic E-state index is 0.339. The van der Waals surface area contributed by atoms with E-state index in [-0.39, 0.29) is 0 Å². The number of nitrogens with two attached hydrogens (primary N) is 1. The molecule has 2 aromatic heterocycles. The molecule has 6 nitrogen and oxygen atoms in total. The number of nitrogens with one attached hydrogen (secondary N) is 1. The van der Waals surface area contributed by atoms with Crippen LogP contribution in [-0.4, -0.2) is 19.6 Å². The van der Waals surface area contributed by atoms with Crippen LogP contribution >= 0.6 is 15.9 Å². The molecule has 7 heteroatoms. The molecule has 0 radical (unpaired) electrons. The smallest absolute Gasteiger partial charge is 0.226 e. The van der Waals surface area contributed by atoms with E-state index < -0.39 is 0 Å². The van der Waals surface area contributed by atoms with Gasteiger partial charge in [0.1, 0.15) is 0 Å². The number of hydrogen-bond acceptors (Lipinski definition) is 5. The van der Waals surface area contributed by atoms with Gasteiger partial charge in [0, 0.05) is 22.6 Å². The monoisotopic (exact) mass is 304 g/mol. The number of nitrogen functional groups attached to an aromatic ring is 1. The number of aromatic nitrogens is 4. The van der Waals surface area contributed by atoms with Crippen LogP contribution in [0, 0.1) is 0 Å². The molecule has 0 atom stereocenters. The van der Waals surface area contributed by atoms with Gasteiger partial charge in [0.15, 0.2) is 5.82 Å². The van der Waals surface area contributed by atoms with E-state index in [1.807, 2.05) is 24.3 Å². The van der Waals surface area contributed by atoms with E-state index in [0.717, 1.165) is 10.2 Å². The van der Waals surface area contributed by atoms with Gasteiger partial charge in [-0.25, -0.2) is 4.98 Å². The van der Waals surface area contributed by atoms with Gasteiger partial charge >= 0.3 is 0 Å². The molecule has 0 bridgehead atoms. The van der Waals surface area contributed by atoms with Crippen molar-refractivity contribution in [1.29, 1.82) is 0 Å². The Morgan fingerprint density at radius 2 is 1.94 bits per heavy atom. The fourth-order valence-corrected chi connectivity index (χ4v) is 1.87. The standard InChI is InChI=1S/C11H9BrN6/c12-7-1-3-8(4-2-7)15-9-10-16-17-11(13)18(10)6-5-14-9/h1-6H,(H2,13,17)(H,14,15). The second-order valence-corrected chi connectivity index (χ2v) is 4.58. The Bertz CT molecular complexity index is 690. The zero-order chi connectivity index (χ0) is 12.5. The molecule has 90 valence electrons. The van der Waals surface area contributed by atoms with Crippen LogP contribution in [0.4, 0.5) is 17.5 Å². The van der Waals surface area contributed by atoms with Crippen LogP contribution in [-0.2, 0) is 0 Å². The first-order valence-electron chi connectivity index (χ1n) is 5.22. The summed E-state index contributed by atoms with van der Waals surface area (Å²) < 4.78 is 2.69. The third-order valence-electron chi connectivity index (χ3n) is 2.46. The lowest BCUT2D eigenvalue weighted by atomic mass is 10.3. The van der Waals surface area contributed by atoms with Crippen LogP contribution in [0.3, 0.4) is 0 Å². The molecule has 0 amide bonds. The van der Waals surface area contributed by atoms with Gasteiger partial charge < -0.3 is 11.1 Å². The summed E-state index contributed by atoms with van der Waals surface area (Å²) >= 11 is 3.39. The van der Waals surface area contributed by atoms with E-state index in [1.54, 1.807) is 16.8 Å². The fourth-order valence-electron chi connectivity index (χ4n) is 1.60. The predicted octanol–water partition coefficient (Wildman–Crippen LogP) is 2.21. The highest BCUT2D eigenvalue weighted by Crippen LogP contribution is 2.20. The van der Waals surface area contributed by atoms with Crippen LogP contribution in [0.15, 0.2) is 41.1 Å². The summed E-state index contributed by atoms with van der Waals surface area (Å²) in [6.07, 6.45) is 3.37. The molecule has 3 N–H and O–H groups in total. The molecule has 0 saturated carbocycles. The molecule has 0 saturated heterocycles. The first-order valence-corrected chi connectivity index (χ1v) is 6.01. The quantitative estimate of drug-likeness (QED) is 0.758. The van der Waals surface area contributed by atoms with Gasteiger partial charge in [0.25, 0.3) is 0 Å². The minimum Gasteiger partial charge on any atom is -0.368 e. The first kappa shape index (κ1) is 11.0. The highest BCUT2D eigenvalue weighted by Gasteiger charge is 2.07. The molecule has 2 heterocycles. The molecule has 3 rings (SSSR count). The Kier molecular flexibility index (Phi) is 2.60. The zero-order valence-electron chi connectivity index (χ0n) is 9.21. The van der Waals surface area contributed by atoms with Gasteiger partial charge in [0.05, 0.1) is 0 Å². The van der Waals surface area contributed by atoms with E-state index in [9.17, 15) is 0 Å². The maximum Gasteiger partial charge on any atom is 0.226 e. The second kappa shape index (κ2) is 4.26. The molecular formula is C11H9BrN6. The molecule has 3 aromatic rings. The Morgan fingerprint density at radius 3 is 2.72 bits per heavy atom. The number of hydrogen-bond donors (Lipinski definition) is 2. The van der Waals surface area contributed by atoms with Gasteiger partial charge in [0.2, 0.25) is 11.6 Å². The lowest BCUT2D eigenvalue weighted by Crippen LogP contribution is -1.99. The van der Waals surface area contributed by atoms with Crippen molar-refractivity contribution < 1.29 is 0 Å². The van der Waals surface area contributed by atoms with E-state index in [4.69, 9.17) is 5.73 Å². The Labute approximate surface area is 111 Å². The summed E-state index contributed by atoms with van der Waals surface area (Å²) in [5.74, 6) is 0.954. The lowest BCUT2D eigenvalue weighted by Gasteiger charge is -2.06. The van der Waals surface area contributed by atoms with E-state index >= 15 is 0 Å². The summed E-state index contributed by atoms with van der Waals surface area (Å²) in [6, 6.07) is 7.77. The fraction of sp³-hybridized carbons (Fsp3) is 0. The van der Waals surface area contributed by atoms with Crippen molar-refractivity contribution in [2.45, 2.75) is 0 Å². The number of halogens is 1. The topological polar surface area (TPSA) is 81.1 Å². The average molecular weight is 305 g/mol. The number of rotatable bonds is 2. The van der Waals surface area contributed by atoms with Gasteiger partial charge in [-0.3, -0.25) is 4.40 Å². The van der Waals surface area contributed by atoms with Crippen LogP contribution < -0.4 is 11.1 Å². The lowest BCUT2D eigenvalue weighted by molar-refractivity contribution is 1.12. The molecule has 0 spiro atoms. The Morgan fingerprint density at radius 1 is 1.17 bits per heavy atom. The van der Waals surface area contributed by atoms with Gasteiger partial charge in [-0.05, 0) is 24.3 Å². The minimum absolute atomic E-state index is 0.339.